The monoisotopic (exact) mass is 541 g/mol. The van der Waals surface area contributed by atoms with Crippen molar-refractivity contribution in [2.45, 2.75) is 43.9 Å². The van der Waals surface area contributed by atoms with E-state index in [0.29, 0.717) is 37.0 Å². The van der Waals surface area contributed by atoms with E-state index in [4.69, 9.17) is 0 Å². The molecular weight excluding hydrogens is 506 g/mol. The molecule has 208 valence electrons. The Balaban J connectivity index is 1.15. The Labute approximate surface area is 232 Å². The number of nitrogens with zero attached hydrogens (tertiary/aromatic N) is 4. The van der Waals surface area contributed by atoms with Gasteiger partial charge in [0.1, 0.15) is 6.33 Å². The third kappa shape index (κ3) is 5.08. The summed E-state index contributed by atoms with van der Waals surface area (Å²) >= 11 is 0. The van der Waals surface area contributed by atoms with Crippen LogP contribution < -0.4 is 10.9 Å². The van der Waals surface area contributed by atoms with Crippen LogP contribution in [-0.4, -0.2) is 66.9 Å². The second-order valence-corrected chi connectivity index (χ2v) is 11.1. The summed E-state index contributed by atoms with van der Waals surface area (Å²) in [4.78, 5) is 33.4. The fourth-order valence-corrected chi connectivity index (χ4v) is 6.24. The summed E-state index contributed by atoms with van der Waals surface area (Å²) in [5.41, 5.74) is 1.98. The minimum absolute atomic E-state index is 0.0691. The molecule has 0 saturated carbocycles. The molecular formula is C31H35N5O4. The first-order valence-electron chi connectivity index (χ1n) is 14.0. The van der Waals surface area contributed by atoms with Gasteiger partial charge in [0.25, 0.3) is 5.56 Å². The summed E-state index contributed by atoms with van der Waals surface area (Å²) in [6.45, 7) is 2.59. The maximum absolute atomic E-state index is 13.6. The fourth-order valence-electron chi connectivity index (χ4n) is 6.24. The standard InChI is InChI=1S/C31H35N5O4/c37-19-22-5-4-8-24(17-22)36-14-10-26-28(36)33-21-35(30(26)39)20-31(40)11-15-34(16-12-31)29(38)25-9-13-32-18-27(25)23-6-2-1-3-7-23/h1-8,10,14,17,21,25,27,32,37,40H,9,11-13,15-16,18-20H2/t25-,27+/m1/s1. The van der Waals surface area contributed by atoms with Crippen molar-refractivity contribution in [3.8, 4) is 5.69 Å². The first kappa shape index (κ1) is 26.4. The van der Waals surface area contributed by atoms with Gasteiger partial charge in [-0.3, -0.25) is 14.2 Å². The Morgan fingerprint density at radius 2 is 1.88 bits per heavy atom. The van der Waals surface area contributed by atoms with E-state index in [0.717, 1.165) is 30.8 Å². The van der Waals surface area contributed by atoms with E-state index in [1.807, 2.05) is 51.9 Å². The molecule has 40 heavy (non-hydrogen) atoms. The smallest absolute Gasteiger partial charge is 0.262 e. The van der Waals surface area contributed by atoms with Gasteiger partial charge in [-0.15, -0.1) is 0 Å². The van der Waals surface area contributed by atoms with Gasteiger partial charge in [-0.25, -0.2) is 4.98 Å². The number of aromatic nitrogens is 3. The largest absolute Gasteiger partial charge is 0.392 e. The summed E-state index contributed by atoms with van der Waals surface area (Å²) in [5, 5.41) is 24.8. The number of carbonyl (C=O) groups is 1. The lowest BCUT2D eigenvalue weighted by molar-refractivity contribution is -0.141. The Bertz CT molecular complexity index is 1560. The highest BCUT2D eigenvalue weighted by Gasteiger charge is 2.39. The summed E-state index contributed by atoms with van der Waals surface area (Å²) < 4.78 is 3.30. The highest BCUT2D eigenvalue weighted by molar-refractivity contribution is 5.80. The summed E-state index contributed by atoms with van der Waals surface area (Å²) in [6, 6.07) is 19.4. The number of hydrogen-bond acceptors (Lipinski definition) is 6. The second kappa shape index (κ2) is 11.0. The minimum Gasteiger partial charge on any atom is -0.392 e. The van der Waals surface area contributed by atoms with Gasteiger partial charge in [0.2, 0.25) is 5.91 Å². The average Bonchev–Trinajstić information content (AvgIpc) is 3.44. The predicted octanol–water partition coefficient (Wildman–Crippen LogP) is 2.43. The molecule has 4 aromatic rings. The van der Waals surface area contributed by atoms with Crippen LogP contribution in [0.4, 0.5) is 0 Å². The maximum atomic E-state index is 13.6. The zero-order valence-corrected chi connectivity index (χ0v) is 22.4. The van der Waals surface area contributed by atoms with Gasteiger partial charge in [0, 0.05) is 43.4 Å². The molecule has 2 aromatic carbocycles. The van der Waals surface area contributed by atoms with Gasteiger partial charge in [-0.2, -0.15) is 0 Å². The Hall–Kier alpha value is -3.79. The van der Waals surface area contributed by atoms with Crippen LogP contribution in [0.1, 0.15) is 36.3 Å². The highest BCUT2D eigenvalue weighted by atomic mass is 16.3. The Kier molecular flexibility index (Phi) is 7.27. The molecule has 1 amide bonds. The van der Waals surface area contributed by atoms with Crippen molar-refractivity contribution < 1.29 is 15.0 Å². The number of rotatable bonds is 6. The molecule has 2 atom stereocenters. The normalized spacial score (nSPS) is 21.0. The van der Waals surface area contributed by atoms with Crippen molar-refractivity contribution in [2.75, 3.05) is 26.2 Å². The van der Waals surface area contributed by atoms with Crippen LogP contribution in [0.2, 0.25) is 0 Å². The van der Waals surface area contributed by atoms with Crippen molar-refractivity contribution in [1.29, 1.82) is 0 Å². The molecule has 2 aromatic heterocycles. The third-order valence-corrected chi connectivity index (χ3v) is 8.54. The number of piperidine rings is 2. The zero-order valence-electron chi connectivity index (χ0n) is 22.4. The number of benzene rings is 2. The van der Waals surface area contributed by atoms with Crippen LogP contribution in [-0.2, 0) is 17.9 Å². The van der Waals surface area contributed by atoms with Crippen LogP contribution in [0.3, 0.4) is 0 Å². The van der Waals surface area contributed by atoms with Crippen LogP contribution in [0, 0.1) is 5.92 Å². The molecule has 2 saturated heterocycles. The summed E-state index contributed by atoms with van der Waals surface area (Å²) in [7, 11) is 0. The fraction of sp³-hybridized carbons (Fsp3) is 0.387. The SMILES string of the molecule is O=C([C@@H]1CCNC[C@H]1c1ccccc1)N1CCC(O)(Cn2cnc3c(ccn3-c3cccc(CO)c3)c2=O)CC1. The van der Waals surface area contributed by atoms with Crippen LogP contribution in [0.25, 0.3) is 16.7 Å². The number of aliphatic hydroxyl groups is 2. The maximum Gasteiger partial charge on any atom is 0.262 e. The van der Waals surface area contributed by atoms with Gasteiger partial charge < -0.3 is 25.0 Å². The lowest BCUT2D eigenvalue weighted by Crippen LogP contribution is -2.52. The van der Waals surface area contributed by atoms with Crippen molar-refractivity contribution in [3.63, 3.8) is 0 Å². The molecule has 0 bridgehead atoms. The van der Waals surface area contributed by atoms with Crippen molar-refractivity contribution >= 4 is 16.9 Å². The van der Waals surface area contributed by atoms with E-state index >= 15 is 0 Å². The number of amides is 1. The Morgan fingerprint density at radius 3 is 2.65 bits per heavy atom. The minimum atomic E-state index is -1.10. The first-order chi connectivity index (χ1) is 19.5. The molecule has 4 heterocycles. The predicted molar refractivity (Wildman–Crippen MR) is 152 cm³/mol. The van der Waals surface area contributed by atoms with Gasteiger partial charge in [-0.1, -0.05) is 42.5 Å². The number of nitrogens with one attached hydrogen (secondary N) is 1. The van der Waals surface area contributed by atoms with E-state index in [9.17, 15) is 19.8 Å². The van der Waals surface area contributed by atoms with Gasteiger partial charge in [0.05, 0.1) is 24.1 Å². The van der Waals surface area contributed by atoms with Gasteiger partial charge in [-0.05, 0) is 55.1 Å². The van der Waals surface area contributed by atoms with Gasteiger partial charge >= 0.3 is 0 Å². The second-order valence-electron chi connectivity index (χ2n) is 11.1. The summed E-state index contributed by atoms with van der Waals surface area (Å²) in [6.07, 6.45) is 4.89. The van der Waals surface area contributed by atoms with E-state index in [-0.39, 0.29) is 36.5 Å². The topological polar surface area (TPSA) is 113 Å². The van der Waals surface area contributed by atoms with E-state index in [2.05, 4.69) is 22.4 Å². The van der Waals surface area contributed by atoms with Crippen molar-refractivity contribution in [2.24, 2.45) is 5.92 Å². The Morgan fingerprint density at radius 1 is 1.07 bits per heavy atom. The lowest BCUT2D eigenvalue weighted by atomic mass is 9.80. The first-order valence-corrected chi connectivity index (χ1v) is 14.0. The molecule has 2 aliphatic rings. The van der Waals surface area contributed by atoms with Crippen LogP contribution in [0.5, 0.6) is 0 Å². The molecule has 0 unspecified atom stereocenters. The molecule has 0 spiro atoms. The van der Waals surface area contributed by atoms with E-state index in [1.165, 1.54) is 16.5 Å². The number of aliphatic hydroxyl groups excluding tert-OH is 1. The average molecular weight is 542 g/mol. The van der Waals surface area contributed by atoms with Crippen molar-refractivity contribution in [3.05, 3.63) is 94.7 Å². The molecule has 3 N–H and O–H groups in total. The number of carbonyl (C=O) groups excluding carboxylic acids is 1. The quantitative estimate of drug-likeness (QED) is 0.346. The molecule has 9 nitrogen and oxygen atoms in total. The van der Waals surface area contributed by atoms with Crippen LogP contribution in [0.15, 0.2) is 78.0 Å². The lowest BCUT2D eigenvalue weighted by Gasteiger charge is -2.41. The number of likely N-dealkylation sites (tertiary alicyclic amines) is 1. The number of hydrogen-bond donors (Lipinski definition) is 3. The molecule has 6 rings (SSSR count). The van der Waals surface area contributed by atoms with Crippen molar-refractivity contribution in [1.82, 2.24) is 24.3 Å². The molecule has 9 heteroatoms. The molecule has 2 fully saturated rings. The molecule has 0 radical (unpaired) electrons. The third-order valence-electron chi connectivity index (χ3n) is 8.54. The van der Waals surface area contributed by atoms with Crippen LogP contribution >= 0.6 is 0 Å². The van der Waals surface area contributed by atoms with E-state index < -0.39 is 5.60 Å². The molecule has 0 aliphatic carbocycles. The highest BCUT2D eigenvalue weighted by Crippen LogP contribution is 2.33. The number of fused-ring (bicyclic) bond motifs is 1. The van der Waals surface area contributed by atoms with E-state index in [1.54, 1.807) is 12.3 Å². The zero-order chi connectivity index (χ0) is 27.7. The summed E-state index contributed by atoms with van der Waals surface area (Å²) in [5.74, 6) is 0.216. The van der Waals surface area contributed by atoms with Gasteiger partial charge in [0.15, 0.2) is 5.65 Å². The molecule has 2 aliphatic heterocycles.